The Balaban J connectivity index is 1.56. The van der Waals surface area contributed by atoms with E-state index in [1.165, 1.54) is 11.1 Å². The van der Waals surface area contributed by atoms with E-state index in [1.807, 2.05) is 64.3 Å². The number of carbonyl (C=O) groups excluding carboxylic acids is 1. The standard InChI is InChI=1S/C21H20N2O2/c1-25-20-8-7-18-15-23(12-9-16(18)14-20)21(24)17-5-4-6-19(13-17)22-10-2-3-11-22/h2-8,10-11,13-14H,9,12,15H2,1H3. The van der Waals surface area contributed by atoms with Gasteiger partial charge < -0.3 is 14.2 Å². The van der Waals surface area contributed by atoms with Crippen molar-refractivity contribution in [3.05, 3.63) is 83.7 Å². The molecule has 4 heteroatoms. The van der Waals surface area contributed by atoms with Gasteiger partial charge in [0.1, 0.15) is 5.75 Å². The number of hydrogen-bond acceptors (Lipinski definition) is 2. The van der Waals surface area contributed by atoms with Crippen molar-refractivity contribution in [3.63, 3.8) is 0 Å². The van der Waals surface area contributed by atoms with Crippen molar-refractivity contribution in [2.45, 2.75) is 13.0 Å². The molecule has 2 aromatic carbocycles. The van der Waals surface area contributed by atoms with Gasteiger partial charge >= 0.3 is 0 Å². The molecule has 0 bridgehead atoms. The highest BCUT2D eigenvalue weighted by Gasteiger charge is 2.22. The topological polar surface area (TPSA) is 34.5 Å². The first-order valence-corrected chi connectivity index (χ1v) is 8.43. The minimum absolute atomic E-state index is 0.0791. The van der Waals surface area contributed by atoms with Gasteiger partial charge in [-0.05, 0) is 60.0 Å². The van der Waals surface area contributed by atoms with E-state index >= 15 is 0 Å². The van der Waals surface area contributed by atoms with E-state index in [9.17, 15) is 4.79 Å². The van der Waals surface area contributed by atoms with Gasteiger partial charge in [0.15, 0.2) is 0 Å². The average molecular weight is 332 g/mol. The molecule has 0 fully saturated rings. The van der Waals surface area contributed by atoms with Crippen molar-refractivity contribution in [1.29, 1.82) is 0 Å². The predicted molar refractivity (Wildman–Crippen MR) is 97.2 cm³/mol. The number of hydrogen-bond donors (Lipinski definition) is 0. The largest absolute Gasteiger partial charge is 0.497 e. The van der Waals surface area contributed by atoms with Crippen LogP contribution in [0, 0.1) is 0 Å². The van der Waals surface area contributed by atoms with Gasteiger partial charge in [-0.1, -0.05) is 12.1 Å². The van der Waals surface area contributed by atoms with Crippen LogP contribution in [0.25, 0.3) is 5.69 Å². The second kappa shape index (κ2) is 6.48. The van der Waals surface area contributed by atoms with Crippen molar-refractivity contribution in [2.75, 3.05) is 13.7 Å². The molecule has 4 nitrogen and oxygen atoms in total. The van der Waals surface area contributed by atoms with Crippen LogP contribution in [0.5, 0.6) is 5.75 Å². The summed E-state index contributed by atoms with van der Waals surface area (Å²) in [6.07, 6.45) is 4.82. The van der Waals surface area contributed by atoms with E-state index in [0.29, 0.717) is 6.54 Å². The lowest BCUT2D eigenvalue weighted by Gasteiger charge is -2.29. The Morgan fingerprint density at radius 1 is 1.00 bits per heavy atom. The van der Waals surface area contributed by atoms with Gasteiger partial charge in [-0.2, -0.15) is 0 Å². The second-order valence-corrected chi connectivity index (χ2v) is 6.25. The van der Waals surface area contributed by atoms with Gasteiger partial charge in [-0.3, -0.25) is 4.79 Å². The fourth-order valence-corrected chi connectivity index (χ4v) is 3.32. The minimum atomic E-state index is 0.0791. The molecule has 0 saturated carbocycles. The zero-order valence-electron chi connectivity index (χ0n) is 14.2. The third-order valence-electron chi connectivity index (χ3n) is 4.71. The van der Waals surface area contributed by atoms with Gasteiger partial charge in [0.05, 0.1) is 7.11 Å². The van der Waals surface area contributed by atoms with E-state index in [1.54, 1.807) is 7.11 Å². The molecule has 4 rings (SSSR count). The molecule has 0 radical (unpaired) electrons. The SMILES string of the molecule is COc1ccc2c(c1)CCN(C(=O)c1cccc(-n3cccc3)c1)C2. The maximum Gasteiger partial charge on any atom is 0.254 e. The van der Waals surface area contributed by atoms with Crippen LogP contribution in [0.4, 0.5) is 0 Å². The highest BCUT2D eigenvalue weighted by molar-refractivity contribution is 5.95. The Bertz CT molecular complexity index is 900. The predicted octanol–water partition coefficient (Wildman–Crippen LogP) is 3.68. The lowest BCUT2D eigenvalue weighted by molar-refractivity contribution is 0.0734. The second-order valence-electron chi connectivity index (χ2n) is 6.25. The summed E-state index contributed by atoms with van der Waals surface area (Å²) >= 11 is 0. The first-order valence-electron chi connectivity index (χ1n) is 8.43. The number of methoxy groups -OCH3 is 1. The molecule has 0 spiro atoms. The van der Waals surface area contributed by atoms with Gasteiger partial charge in [-0.25, -0.2) is 0 Å². The Hall–Kier alpha value is -3.01. The van der Waals surface area contributed by atoms with Crippen LogP contribution in [0.3, 0.4) is 0 Å². The molecule has 0 unspecified atom stereocenters. The zero-order valence-corrected chi connectivity index (χ0v) is 14.2. The van der Waals surface area contributed by atoms with Crippen molar-refractivity contribution in [3.8, 4) is 11.4 Å². The van der Waals surface area contributed by atoms with Crippen LogP contribution in [0.2, 0.25) is 0 Å². The van der Waals surface area contributed by atoms with Crippen LogP contribution < -0.4 is 4.74 Å². The fourth-order valence-electron chi connectivity index (χ4n) is 3.32. The Morgan fingerprint density at radius 3 is 2.64 bits per heavy atom. The number of carbonyl (C=O) groups is 1. The molecule has 0 saturated heterocycles. The van der Waals surface area contributed by atoms with Crippen molar-refractivity contribution < 1.29 is 9.53 Å². The highest BCUT2D eigenvalue weighted by Crippen LogP contribution is 2.25. The first kappa shape index (κ1) is 15.5. The van der Waals surface area contributed by atoms with E-state index in [4.69, 9.17) is 4.74 Å². The number of benzene rings is 2. The van der Waals surface area contributed by atoms with E-state index in [-0.39, 0.29) is 5.91 Å². The molecule has 3 aromatic rings. The molecule has 1 amide bonds. The lowest BCUT2D eigenvalue weighted by atomic mass is 9.98. The lowest BCUT2D eigenvalue weighted by Crippen LogP contribution is -2.36. The quantitative estimate of drug-likeness (QED) is 0.733. The number of aromatic nitrogens is 1. The van der Waals surface area contributed by atoms with Crippen molar-refractivity contribution in [2.24, 2.45) is 0 Å². The maximum atomic E-state index is 12.9. The van der Waals surface area contributed by atoms with Crippen LogP contribution in [0.15, 0.2) is 67.0 Å². The van der Waals surface area contributed by atoms with Crippen LogP contribution in [-0.4, -0.2) is 29.0 Å². The van der Waals surface area contributed by atoms with E-state index < -0.39 is 0 Å². The molecule has 0 aliphatic carbocycles. The summed E-state index contributed by atoms with van der Waals surface area (Å²) in [6.45, 7) is 1.37. The molecule has 1 aromatic heterocycles. The van der Waals surface area contributed by atoms with Crippen molar-refractivity contribution >= 4 is 5.91 Å². The highest BCUT2D eigenvalue weighted by atomic mass is 16.5. The summed E-state index contributed by atoms with van der Waals surface area (Å²) in [7, 11) is 1.68. The Morgan fingerprint density at radius 2 is 1.84 bits per heavy atom. The Kier molecular flexibility index (Phi) is 4.02. The summed E-state index contributed by atoms with van der Waals surface area (Å²) in [5.74, 6) is 0.952. The minimum Gasteiger partial charge on any atom is -0.497 e. The third kappa shape index (κ3) is 3.03. The molecule has 2 heterocycles. The molecule has 0 atom stereocenters. The van der Waals surface area contributed by atoms with E-state index in [2.05, 4.69) is 12.1 Å². The number of amides is 1. The Labute approximate surface area is 147 Å². The first-order chi connectivity index (χ1) is 12.2. The fraction of sp³-hybridized carbons (Fsp3) is 0.190. The molecule has 25 heavy (non-hydrogen) atoms. The number of rotatable bonds is 3. The zero-order chi connectivity index (χ0) is 17.2. The maximum absolute atomic E-state index is 12.9. The monoisotopic (exact) mass is 332 g/mol. The summed E-state index contributed by atoms with van der Waals surface area (Å²) in [4.78, 5) is 14.9. The smallest absolute Gasteiger partial charge is 0.254 e. The normalized spacial score (nSPS) is 13.4. The molecule has 1 aliphatic rings. The van der Waals surface area contributed by atoms with Crippen LogP contribution in [0.1, 0.15) is 21.5 Å². The summed E-state index contributed by atoms with van der Waals surface area (Å²) in [5.41, 5.74) is 4.19. The molecule has 1 aliphatic heterocycles. The van der Waals surface area contributed by atoms with E-state index in [0.717, 1.165) is 30.0 Å². The number of nitrogens with zero attached hydrogens (tertiary/aromatic N) is 2. The number of ether oxygens (including phenoxy) is 1. The van der Waals surface area contributed by atoms with Gasteiger partial charge in [0.2, 0.25) is 0 Å². The molecule has 0 N–H and O–H groups in total. The average Bonchev–Trinajstić information content (AvgIpc) is 3.21. The van der Waals surface area contributed by atoms with Gasteiger partial charge in [0, 0.05) is 36.7 Å². The summed E-state index contributed by atoms with van der Waals surface area (Å²) < 4.78 is 7.30. The molecular weight excluding hydrogens is 312 g/mol. The van der Waals surface area contributed by atoms with Gasteiger partial charge in [-0.15, -0.1) is 0 Å². The van der Waals surface area contributed by atoms with Crippen LogP contribution in [-0.2, 0) is 13.0 Å². The van der Waals surface area contributed by atoms with Gasteiger partial charge in [0.25, 0.3) is 5.91 Å². The van der Waals surface area contributed by atoms with Crippen molar-refractivity contribution in [1.82, 2.24) is 9.47 Å². The number of fused-ring (bicyclic) bond motifs is 1. The molecular formula is C21H20N2O2. The summed E-state index contributed by atoms with van der Waals surface area (Å²) in [6, 6.07) is 17.8. The summed E-state index contributed by atoms with van der Waals surface area (Å²) in [5, 5.41) is 0. The van der Waals surface area contributed by atoms with Crippen LogP contribution >= 0.6 is 0 Å². The third-order valence-corrected chi connectivity index (χ3v) is 4.71. The molecule has 126 valence electrons.